The van der Waals surface area contributed by atoms with Crippen molar-refractivity contribution in [3.8, 4) is 0 Å². The van der Waals surface area contributed by atoms with E-state index in [4.69, 9.17) is 23.7 Å². The normalized spacial score (nSPS) is 51.5. The molecular weight excluding hydrogens is 456 g/mol. The number of aliphatic hydroxyl groups is 10. The molecule has 15 nitrogen and oxygen atoms in total. The lowest BCUT2D eigenvalue weighted by molar-refractivity contribution is -0.373. The molecular formula is C18H32O15. The van der Waals surface area contributed by atoms with Crippen LogP contribution in [0.25, 0.3) is 0 Å². The fourth-order valence-electron chi connectivity index (χ4n) is 4.02. The van der Waals surface area contributed by atoms with Gasteiger partial charge in [-0.3, -0.25) is 0 Å². The number of rotatable bonds is 7. The number of ether oxygens (including phenoxy) is 5. The van der Waals surface area contributed by atoms with Crippen molar-refractivity contribution < 1.29 is 74.7 Å². The first-order chi connectivity index (χ1) is 15.6. The van der Waals surface area contributed by atoms with E-state index in [1.165, 1.54) is 0 Å². The zero-order valence-corrected chi connectivity index (χ0v) is 17.4. The van der Waals surface area contributed by atoms with E-state index >= 15 is 0 Å². The van der Waals surface area contributed by atoms with Gasteiger partial charge in [-0.05, 0) is 0 Å². The lowest BCUT2D eigenvalue weighted by atomic mass is 9.96. The van der Waals surface area contributed by atoms with Gasteiger partial charge in [0, 0.05) is 6.42 Å². The summed E-state index contributed by atoms with van der Waals surface area (Å²) >= 11 is 0. The minimum absolute atomic E-state index is 0.0679. The number of hydrogen-bond donors (Lipinski definition) is 10. The molecule has 3 fully saturated rings. The van der Waals surface area contributed by atoms with Crippen molar-refractivity contribution in [3.05, 3.63) is 0 Å². The lowest BCUT2D eigenvalue weighted by Gasteiger charge is -2.47. The van der Waals surface area contributed by atoms with E-state index in [-0.39, 0.29) is 6.42 Å². The van der Waals surface area contributed by atoms with E-state index in [2.05, 4.69) is 0 Å². The second kappa shape index (κ2) is 11.4. The summed E-state index contributed by atoms with van der Waals surface area (Å²) in [6, 6.07) is 0. The highest BCUT2D eigenvalue weighted by atomic mass is 16.7. The third kappa shape index (κ3) is 5.64. The molecule has 14 atom stereocenters. The average Bonchev–Trinajstić information content (AvgIpc) is 2.80. The molecule has 0 saturated carbocycles. The van der Waals surface area contributed by atoms with Crippen LogP contribution in [0, 0.1) is 0 Å². The van der Waals surface area contributed by atoms with E-state index < -0.39 is 106 Å². The van der Waals surface area contributed by atoms with E-state index in [1.807, 2.05) is 0 Å². The van der Waals surface area contributed by atoms with Gasteiger partial charge in [-0.1, -0.05) is 0 Å². The Morgan fingerprint density at radius 1 is 0.576 bits per heavy atom. The first kappa shape index (κ1) is 27.0. The molecule has 0 radical (unpaired) electrons. The topological polar surface area (TPSA) is 248 Å². The zero-order valence-electron chi connectivity index (χ0n) is 17.4. The second-order valence-electron chi connectivity index (χ2n) is 8.24. The fraction of sp³-hybridized carbons (Fsp3) is 1.00. The van der Waals surface area contributed by atoms with Gasteiger partial charge in [0.05, 0.1) is 32.0 Å². The van der Waals surface area contributed by atoms with Gasteiger partial charge in [0.25, 0.3) is 0 Å². The molecule has 0 aliphatic carbocycles. The molecule has 0 aromatic carbocycles. The molecule has 0 aromatic heterocycles. The Morgan fingerprint density at radius 3 is 1.64 bits per heavy atom. The highest BCUT2D eigenvalue weighted by Gasteiger charge is 2.52. The summed E-state index contributed by atoms with van der Waals surface area (Å²) in [5.74, 6) is 0. The van der Waals surface area contributed by atoms with Crippen molar-refractivity contribution >= 4 is 0 Å². The monoisotopic (exact) mass is 488 g/mol. The van der Waals surface area contributed by atoms with Gasteiger partial charge in [-0.25, -0.2) is 0 Å². The molecule has 10 N–H and O–H groups in total. The van der Waals surface area contributed by atoms with Gasteiger partial charge >= 0.3 is 0 Å². The zero-order chi connectivity index (χ0) is 24.4. The summed E-state index contributed by atoms with van der Waals surface area (Å²) in [6.45, 7) is -1.98. The summed E-state index contributed by atoms with van der Waals surface area (Å²) in [7, 11) is 0. The Morgan fingerprint density at radius 2 is 1.09 bits per heavy atom. The molecule has 0 amide bonds. The van der Waals surface area contributed by atoms with Crippen LogP contribution in [-0.2, 0) is 23.7 Å². The van der Waals surface area contributed by atoms with Crippen LogP contribution in [0.1, 0.15) is 6.42 Å². The first-order valence-corrected chi connectivity index (χ1v) is 10.5. The van der Waals surface area contributed by atoms with E-state index in [0.717, 1.165) is 0 Å². The molecule has 0 unspecified atom stereocenters. The molecule has 33 heavy (non-hydrogen) atoms. The highest BCUT2D eigenvalue weighted by molar-refractivity contribution is 4.95. The Kier molecular flexibility index (Phi) is 9.35. The fourth-order valence-corrected chi connectivity index (χ4v) is 4.02. The molecule has 0 bridgehead atoms. The molecule has 3 heterocycles. The van der Waals surface area contributed by atoms with Crippen molar-refractivity contribution in [2.75, 3.05) is 19.8 Å². The van der Waals surface area contributed by atoms with Crippen LogP contribution in [-0.4, -0.2) is 157 Å². The van der Waals surface area contributed by atoms with Crippen LogP contribution in [0.3, 0.4) is 0 Å². The quantitative estimate of drug-likeness (QED) is 0.160. The van der Waals surface area contributed by atoms with Gasteiger partial charge in [-0.2, -0.15) is 0 Å². The summed E-state index contributed by atoms with van der Waals surface area (Å²) in [6.07, 6.45) is -21.7. The lowest BCUT2D eigenvalue weighted by Crippen LogP contribution is -2.65. The summed E-state index contributed by atoms with van der Waals surface area (Å²) in [5, 5.41) is 99.2. The Labute approximate surface area is 187 Å². The van der Waals surface area contributed by atoms with E-state index in [9.17, 15) is 51.1 Å². The van der Waals surface area contributed by atoms with Crippen LogP contribution < -0.4 is 0 Å². The molecule has 3 aliphatic rings. The molecule has 0 aromatic rings. The molecule has 3 rings (SSSR count). The van der Waals surface area contributed by atoms with E-state index in [0.29, 0.717) is 0 Å². The summed E-state index contributed by atoms with van der Waals surface area (Å²) in [5.41, 5.74) is 0. The van der Waals surface area contributed by atoms with Crippen molar-refractivity contribution in [3.63, 3.8) is 0 Å². The molecule has 3 aliphatic heterocycles. The summed E-state index contributed by atoms with van der Waals surface area (Å²) < 4.78 is 26.7. The van der Waals surface area contributed by atoms with Crippen LogP contribution in [0.5, 0.6) is 0 Å². The third-order valence-electron chi connectivity index (χ3n) is 5.95. The molecule has 15 heteroatoms. The number of hydrogen-bond acceptors (Lipinski definition) is 15. The summed E-state index contributed by atoms with van der Waals surface area (Å²) in [4.78, 5) is 0. The second-order valence-corrected chi connectivity index (χ2v) is 8.24. The van der Waals surface area contributed by atoms with Gasteiger partial charge in [0.2, 0.25) is 0 Å². The van der Waals surface area contributed by atoms with Crippen LogP contribution in [0.4, 0.5) is 0 Å². The average molecular weight is 488 g/mol. The van der Waals surface area contributed by atoms with Gasteiger partial charge < -0.3 is 74.7 Å². The molecule has 194 valence electrons. The third-order valence-corrected chi connectivity index (χ3v) is 5.95. The maximum Gasteiger partial charge on any atom is 0.187 e. The Hall–Kier alpha value is -0.600. The van der Waals surface area contributed by atoms with Crippen molar-refractivity contribution in [1.29, 1.82) is 0 Å². The minimum Gasteiger partial charge on any atom is -0.394 e. The van der Waals surface area contributed by atoms with Crippen molar-refractivity contribution in [2.45, 2.75) is 92.4 Å². The van der Waals surface area contributed by atoms with Crippen LogP contribution in [0.15, 0.2) is 0 Å². The van der Waals surface area contributed by atoms with Gasteiger partial charge in [0.1, 0.15) is 54.9 Å². The predicted molar refractivity (Wildman–Crippen MR) is 99.9 cm³/mol. The van der Waals surface area contributed by atoms with Gasteiger partial charge in [0.15, 0.2) is 18.9 Å². The molecule has 0 spiro atoms. The SMILES string of the molecule is OC[C@@H]1C[C@H](O)[C@@H](O)[C@@H](O[C@@H]2[C@H](O)[C@@H](O)[C@H](O[C@H]3[C@H](O)[C@@H](O)[C@H](O)O[C@@H]3CO)O[C@@H]2CO)O1. The smallest absolute Gasteiger partial charge is 0.187 e. The van der Waals surface area contributed by atoms with E-state index in [1.54, 1.807) is 0 Å². The van der Waals surface area contributed by atoms with Crippen molar-refractivity contribution in [2.24, 2.45) is 0 Å². The predicted octanol–water partition coefficient (Wildman–Crippen LogP) is -6.54. The largest absolute Gasteiger partial charge is 0.394 e. The Balaban J connectivity index is 1.71. The highest BCUT2D eigenvalue weighted by Crippen LogP contribution is 2.31. The van der Waals surface area contributed by atoms with Gasteiger partial charge in [-0.15, -0.1) is 0 Å². The number of aliphatic hydroxyl groups excluding tert-OH is 10. The van der Waals surface area contributed by atoms with Crippen LogP contribution in [0.2, 0.25) is 0 Å². The maximum absolute atomic E-state index is 10.6. The first-order valence-electron chi connectivity index (χ1n) is 10.5. The van der Waals surface area contributed by atoms with Crippen LogP contribution >= 0.6 is 0 Å². The Bertz CT molecular complexity index is 607. The van der Waals surface area contributed by atoms with Crippen molar-refractivity contribution in [1.82, 2.24) is 0 Å². The maximum atomic E-state index is 10.6. The standard InChI is InChI=1S/C18H32O15/c19-2-5-1-6(22)9(23)17(29-5)32-15-8(4-21)31-18(13(27)11(15)25)33-14-7(3-20)30-16(28)12(26)10(14)24/h5-28H,1-4H2/t5-,6-,7+,8+,9+,10+,11+,12+,13+,14+,15-,16+,17+,18-/m0/s1. The molecule has 3 saturated heterocycles. The minimum atomic E-state index is -1.85.